The summed E-state index contributed by atoms with van der Waals surface area (Å²) in [6.45, 7) is 0.405. The highest BCUT2D eigenvalue weighted by Crippen LogP contribution is 2.34. The van der Waals surface area contributed by atoms with Gasteiger partial charge >= 0.3 is 0 Å². The van der Waals surface area contributed by atoms with Crippen molar-refractivity contribution < 1.29 is 19.2 Å². The smallest absolute Gasteiger partial charge is 0.273 e. The maximum Gasteiger partial charge on any atom is 0.273 e. The number of nitro benzene ring substituents is 1. The Morgan fingerprint density at radius 3 is 2.59 bits per heavy atom. The largest absolute Gasteiger partial charge is 0.493 e. The summed E-state index contributed by atoms with van der Waals surface area (Å²) in [6, 6.07) is 19.5. The Balaban J connectivity index is 1.65. The Hall–Kier alpha value is -3.47. The summed E-state index contributed by atoms with van der Waals surface area (Å²) < 4.78 is 12.2. The van der Waals surface area contributed by atoms with Gasteiger partial charge in [0.05, 0.1) is 28.2 Å². The number of ether oxygens (including phenoxy) is 2. The van der Waals surface area contributed by atoms with Gasteiger partial charge in [-0.2, -0.15) is 5.10 Å². The summed E-state index contributed by atoms with van der Waals surface area (Å²) in [5, 5.41) is 15.0. The van der Waals surface area contributed by atoms with Gasteiger partial charge in [0.1, 0.15) is 6.61 Å². The topological polar surface area (TPSA) is 103 Å². The van der Waals surface area contributed by atoms with E-state index < -0.39 is 10.8 Å². The number of nitrogens with one attached hydrogen (secondary N) is 1. The van der Waals surface area contributed by atoms with Gasteiger partial charge in [-0.1, -0.05) is 48.5 Å². The van der Waals surface area contributed by atoms with Crippen LogP contribution >= 0.6 is 22.6 Å². The van der Waals surface area contributed by atoms with Crippen LogP contribution in [0.4, 0.5) is 5.69 Å². The molecule has 0 aliphatic carbocycles. The summed E-state index contributed by atoms with van der Waals surface area (Å²) in [6.07, 6.45) is 1.32. The number of rotatable bonds is 9. The van der Waals surface area contributed by atoms with E-state index in [2.05, 4.69) is 33.1 Å². The number of halogens is 1. The van der Waals surface area contributed by atoms with Gasteiger partial charge in [0, 0.05) is 11.6 Å². The third kappa shape index (κ3) is 6.27. The minimum absolute atomic E-state index is 0.1000. The van der Waals surface area contributed by atoms with Crippen LogP contribution in [0.5, 0.6) is 11.5 Å². The Kier molecular flexibility index (Phi) is 8.14. The lowest BCUT2D eigenvalue weighted by Crippen LogP contribution is -2.20. The highest BCUT2D eigenvalue weighted by molar-refractivity contribution is 14.1. The van der Waals surface area contributed by atoms with E-state index in [-0.39, 0.29) is 12.1 Å². The Morgan fingerprint density at radius 1 is 1.16 bits per heavy atom. The number of benzene rings is 3. The third-order valence-electron chi connectivity index (χ3n) is 4.42. The van der Waals surface area contributed by atoms with Gasteiger partial charge < -0.3 is 9.47 Å². The average Bonchev–Trinajstić information content (AvgIpc) is 2.79. The molecule has 164 valence electrons. The number of hydrogen-bond donors (Lipinski definition) is 1. The third-order valence-corrected chi connectivity index (χ3v) is 5.22. The number of hydrazone groups is 1. The van der Waals surface area contributed by atoms with Gasteiger partial charge in [-0.05, 0) is 45.9 Å². The lowest BCUT2D eigenvalue weighted by Gasteiger charge is -2.13. The molecule has 0 unspecified atom stereocenters. The van der Waals surface area contributed by atoms with Crippen molar-refractivity contribution in [3.8, 4) is 11.5 Å². The van der Waals surface area contributed by atoms with Crippen LogP contribution in [-0.4, -0.2) is 24.2 Å². The number of nitro groups is 1. The number of carbonyl (C=O) groups excluding carboxylic acids is 1. The summed E-state index contributed by atoms with van der Waals surface area (Å²) in [7, 11) is 1.55. The average molecular weight is 545 g/mol. The lowest BCUT2D eigenvalue weighted by atomic mass is 10.1. The molecule has 3 rings (SSSR count). The molecule has 1 N–H and O–H groups in total. The molecule has 0 radical (unpaired) electrons. The van der Waals surface area contributed by atoms with Crippen LogP contribution < -0.4 is 14.9 Å². The first-order chi connectivity index (χ1) is 15.5. The van der Waals surface area contributed by atoms with Crippen molar-refractivity contribution in [2.45, 2.75) is 13.0 Å². The molecule has 0 atom stereocenters. The monoisotopic (exact) mass is 545 g/mol. The SMILES string of the molecule is COc1cc(/C=N/NC(=O)Cc2ccccc2[N+](=O)[O-])cc(I)c1OCc1ccccc1. The standard InChI is InChI=1S/C23H20IN3O5/c1-31-21-12-17(11-19(24)23(21)32-15-16-7-3-2-4-8-16)14-25-26-22(28)13-18-9-5-6-10-20(18)27(29)30/h2-12,14H,13,15H2,1H3,(H,26,28)/b25-14+. The normalized spacial score (nSPS) is 10.7. The van der Waals surface area contributed by atoms with Gasteiger partial charge in [0.15, 0.2) is 11.5 Å². The molecule has 0 bridgehead atoms. The van der Waals surface area contributed by atoms with E-state index in [1.165, 1.54) is 12.3 Å². The van der Waals surface area contributed by atoms with Crippen LogP contribution in [-0.2, 0) is 17.8 Å². The number of nitrogens with zero attached hydrogens (tertiary/aromatic N) is 2. The van der Waals surface area contributed by atoms with Crippen molar-refractivity contribution in [2.24, 2.45) is 5.10 Å². The number of amides is 1. The molecule has 1 amide bonds. The van der Waals surface area contributed by atoms with Crippen molar-refractivity contribution in [2.75, 3.05) is 7.11 Å². The van der Waals surface area contributed by atoms with Crippen molar-refractivity contribution in [3.05, 3.63) is 97.1 Å². The summed E-state index contributed by atoms with van der Waals surface area (Å²) in [4.78, 5) is 22.7. The second-order valence-electron chi connectivity index (χ2n) is 6.66. The van der Waals surface area contributed by atoms with E-state index in [0.29, 0.717) is 29.2 Å². The molecule has 0 saturated heterocycles. The van der Waals surface area contributed by atoms with Crippen LogP contribution in [0.25, 0.3) is 0 Å². The number of para-hydroxylation sites is 1. The second-order valence-corrected chi connectivity index (χ2v) is 7.83. The zero-order valence-electron chi connectivity index (χ0n) is 17.2. The fourth-order valence-corrected chi connectivity index (χ4v) is 3.69. The summed E-state index contributed by atoms with van der Waals surface area (Å²) in [5.41, 5.74) is 4.36. The van der Waals surface area contributed by atoms with Crippen LogP contribution in [0.2, 0.25) is 0 Å². The minimum Gasteiger partial charge on any atom is -0.493 e. The molecule has 0 aliphatic heterocycles. The first kappa shape index (κ1) is 23.2. The summed E-state index contributed by atoms with van der Waals surface area (Å²) in [5.74, 6) is 0.704. The minimum atomic E-state index is -0.512. The molecule has 3 aromatic carbocycles. The van der Waals surface area contributed by atoms with Gasteiger partial charge in [-0.15, -0.1) is 0 Å². The molecule has 8 nitrogen and oxygen atoms in total. The molecule has 32 heavy (non-hydrogen) atoms. The fraction of sp³-hybridized carbons (Fsp3) is 0.130. The molecule has 0 aliphatic rings. The molecule has 0 spiro atoms. The molecule has 0 aromatic heterocycles. The highest BCUT2D eigenvalue weighted by atomic mass is 127. The predicted molar refractivity (Wildman–Crippen MR) is 129 cm³/mol. The molecule has 0 heterocycles. The molecule has 3 aromatic rings. The van der Waals surface area contributed by atoms with Crippen LogP contribution in [0.15, 0.2) is 71.8 Å². The van der Waals surface area contributed by atoms with Crippen molar-refractivity contribution >= 4 is 40.4 Å². The first-order valence-electron chi connectivity index (χ1n) is 9.56. The number of methoxy groups -OCH3 is 1. The van der Waals surface area contributed by atoms with Crippen molar-refractivity contribution in [3.63, 3.8) is 0 Å². The molecular weight excluding hydrogens is 525 g/mol. The van der Waals surface area contributed by atoms with Gasteiger partial charge in [0.25, 0.3) is 5.69 Å². The van der Waals surface area contributed by atoms with E-state index in [4.69, 9.17) is 9.47 Å². The zero-order chi connectivity index (χ0) is 22.9. The van der Waals surface area contributed by atoms with Crippen LogP contribution in [0.1, 0.15) is 16.7 Å². The van der Waals surface area contributed by atoms with E-state index in [1.54, 1.807) is 31.4 Å². The van der Waals surface area contributed by atoms with Gasteiger partial charge in [0.2, 0.25) is 5.91 Å². The van der Waals surface area contributed by atoms with E-state index in [9.17, 15) is 14.9 Å². The number of hydrogen-bond acceptors (Lipinski definition) is 6. The first-order valence-corrected chi connectivity index (χ1v) is 10.6. The maximum absolute atomic E-state index is 12.1. The quantitative estimate of drug-likeness (QED) is 0.185. The Labute approximate surface area is 198 Å². The molecule has 0 fully saturated rings. The van der Waals surface area contributed by atoms with Crippen molar-refractivity contribution in [1.82, 2.24) is 5.43 Å². The van der Waals surface area contributed by atoms with Crippen LogP contribution in [0.3, 0.4) is 0 Å². The highest BCUT2D eigenvalue weighted by Gasteiger charge is 2.15. The van der Waals surface area contributed by atoms with Crippen LogP contribution in [0, 0.1) is 13.7 Å². The molecular formula is C23H20IN3O5. The van der Waals surface area contributed by atoms with E-state index in [1.807, 2.05) is 36.4 Å². The van der Waals surface area contributed by atoms with E-state index >= 15 is 0 Å². The zero-order valence-corrected chi connectivity index (χ0v) is 19.3. The van der Waals surface area contributed by atoms with Gasteiger partial charge in [-0.3, -0.25) is 14.9 Å². The Morgan fingerprint density at radius 2 is 1.88 bits per heavy atom. The molecule has 0 saturated carbocycles. The second kappa shape index (κ2) is 11.2. The lowest BCUT2D eigenvalue weighted by molar-refractivity contribution is -0.385. The van der Waals surface area contributed by atoms with E-state index in [0.717, 1.165) is 9.13 Å². The fourth-order valence-electron chi connectivity index (χ4n) is 2.91. The number of carbonyl (C=O) groups is 1. The maximum atomic E-state index is 12.1. The summed E-state index contributed by atoms with van der Waals surface area (Å²) >= 11 is 2.15. The Bertz CT molecular complexity index is 1140. The van der Waals surface area contributed by atoms with Crippen molar-refractivity contribution in [1.29, 1.82) is 0 Å². The predicted octanol–water partition coefficient (Wildman–Crippen LogP) is 4.48. The van der Waals surface area contributed by atoms with Gasteiger partial charge in [-0.25, -0.2) is 5.43 Å². The molecule has 9 heteroatoms.